The van der Waals surface area contributed by atoms with Crippen molar-refractivity contribution in [1.29, 1.82) is 0 Å². The number of nitrogens with one attached hydrogen (secondary N) is 2. The van der Waals surface area contributed by atoms with Gasteiger partial charge >= 0.3 is 0 Å². The predicted molar refractivity (Wildman–Crippen MR) is 91.2 cm³/mol. The van der Waals surface area contributed by atoms with Crippen molar-refractivity contribution < 1.29 is 9.59 Å². The summed E-state index contributed by atoms with van der Waals surface area (Å²) in [5, 5.41) is 5.79. The smallest absolute Gasteiger partial charge is 0.250 e. The monoisotopic (exact) mass is 311 g/mol. The molecule has 5 nitrogen and oxygen atoms in total. The number of nitrogens with two attached hydrogens (primary N) is 1. The quantitative estimate of drug-likeness (QED) is 0.651. The number of primary amides is 1. The Kier molecular flexibility index (Phi) is 6.17. The molecule has 5 heteroatoms. The second-order valence-electron chi connectivity index (χ2n) is 5.20. The van der Waals surface area contributed by atoms with Gasteiger partial charge in [0.2, 0.25) is 5.91 Å². The summed E-state index contributed by atoms with van der Waals surface area (Å²) >= 11 is 0. The standard InChI is InChI=1S/C18H21N3O2/c19-18(23)15-10-4-5-11-16(15)21-13-17(22)20-12-6-9-14-7-2-1-3-8-14/h1-5,7-8,10-11,21H,6,9,12-13H2,(H2,19,23)(H,20,22). The van der Waals surface area contributed by atoms with Crippen LogP contribution in [0.2, 0.25) is 0 Å². The van der Waals surface area contributed by atoms with Crippen molar-refractivity contribution in [2.75, 3.05) is 18.4 Å². The summed E-state index contributed by atoms with van der Waals surface area (Å²) in [4.78, 5) is 23.1. The van der Waals surface area contributed by atoms with Gasteiger partial charge in [0.25, 0.3) is 5.91 Å². The van der Waals surface area contributed by atoms with Gasteiger partial charge in [-0.25, -0.2) is 0 Å². The number of rotatable bonds is 8. The van der Waals surface area contributed by atoms with Gasteiger partial charge in [0.05, 0.1) is 12.1 Å². The number of hydrogen-bond acceptors (Lipinski definition) is 3. The number of hydrogen-bond donors (Lipinski definition) is 3. The maximum absolute atomic E-state index is 11.8. The van der Waals surface area contributed by atoms with E-state index in [0.29, 0.717) is 17.8 Å². The number of benzene rings is 2. The van der Waals surface area contributed by atoms with E-state index >= 15 is 0 Å². The first-order chi connectivity index (χ1) is 11.2. The summed E-state index contributed by atoms with van der Waals surface area (Å²) in [6, 6.07) is 17.0. The molecule has 0 saturated heterocycles. The van der Waals surface area contributed by atoms with Gasteiger partial charge in [0.1, 0.15) is 0 Å². The number of para-hydroxylation sites is 1. The van der Waals surface area contributed by atoms with E-state index in [1.165, 1.54) is 5.56 Å². The highest BCUT2D eigenvalue weighted by atomic mass is 16.2. The number of amides is 2. The Balaban J connectivity index is 1.70. The van der Waals surface area contributed by atoms with Crippen molar-refractivity contribution in [3.8, 4) is 0 Å². The largest absolute Gasteiger partial charge is 0.376 e. The molecule has 0 aromatic heterocycles. The molecule has 0 aliphatic carbocycles. The van der Waals surface area contributed by atoms with Gasteiger partial charge in [0.15, 0.2) is 0 Å². The van der Waals surface area contributed by atoms with Crippen LogP contribution in [0.1, 0.15) is 22.3 Å². The fourth-order valence-corrected chi connectivity index (χ4v) is 2.26. The van der Waals surface area contributed by atoms with Crippen molar-refractivity contribution in [3.63, 3.8) is 0 Å². The van der Waals surface area contributed by atoms with Gasteiger partial charge < -0.3 is 16.4 Å². The highest BCUT2D eigenvalue weighted by Gasteiger charge is 2.08. The lowest BCUT2D eigenvalue weighted by molar-refractivity contribution is -0.119. The Morgan fingerprint density at radius 3 is 2.39 bits per heavy atom. The molecule has 0 aliphatic heterocycles. The number of aryl methyl sites for hydroxylation is 1. The first-order valence-corrected chi connectivity index (χ1v) is 7.60. The van der Waals surface area contributed by atoms with Gasteiger partial charge in [-0.15, -0.1) is 0 Å². The third-order valence-corrected chi connectivity index (χ3v) is 3.44. The maximum Gasteiger partial charge on any atom is 0.250 e. The van der Waals surface area contributed by atoms with Crippen LogP contribution in [0.3, 0.4) is 0 Å². The lowest BCUT2D eigenvalue weighted by atomic mass is 10.1. The molecule has 0 atom stereocenters. The summed E-state index contributed by atoms with van der Waals surface area (Å²) in [5.41, 5.74) is 7.50. The third-order valence-electron chi connectivity index (χ3n) is 3.44. The van der Waals surface area contributed by atoms with Gasteiger partial charge in [-0.3, -0.25) is 9.59 Å². The van der Waals surface area contributed by atoms with Crippen LogP contribution in [0.5, 0.6) is 0 Å². The Bertz CT molecular complexity index is 656. The molecule has 2 aromatic carbocycles. The molecule has 0 radical (unpaired) electrons. The first-order valence-electron chi connectivity index (χ1n) is 7.60. The first kappa shape index (κ1) is 16.5. The lowest BCUT2D eigenvalue weighted by Crippen LogP contribution is -2.31. The van der Waals surface area contributed by atoms with Crippen LogP contribution in [-0.4, -0.2) is 24.9 Å². The molecule has 23 heavy (non-hydrogen) atoms. The highest BCUT2D eigenvalue weighted by Crippen LogP contribution is 2.13. The molecule has 0 unspecified atom stereocenters. The molecule has 0 heterocycles. The molecule has 0 bridgehead atoms. The zero-order chi connectivity index (χ0) is 16.5. The Labute approximate surface area is 135 Å². The second kappa shape index (κ2) is 8.58. The molecular weight excluding hydrogens is 290 g/mol. The van der Waals surface area contributed by atoms with E-state index in [1.54, 1.807) is 24.3 Å². The van der Waals surface area contributed by atoms with Crippen LogP contribution in [0.4, 0.5) is 5.69 Å². The fraction of sp³-hybridized carbons (Fsp3) is 0.222. The molecule has 0 aliphatic rings. The summed E-state index contributed by atoms with van der Waals surface area (Å²) in [7, 11) is 0. The number of carbonyl (C=O) groups excluding carboxylic acids is 2. The van der Waals surface area contributed by atoms with Crippen LogP contribution in [0.15, 0.2) is 54.6 Å². The molecule has 120 valence electrons. The van der Waals surface area contributed by atoms with Crippen LogP contribution in [-0.2, 0) is 11.2 Å². The van der Waals surface area contributed by atoms with Crippen molar-refractivity contribution in [2.45, 2.75) is 12.8 Å². The Morgan fingerprint density at radius 2 is 1.65 bits per heavy atom. The van der Waals surface area contributed by atoms with Crippen LogP contribution < -0.4 is 16.4 Å². The number of anilines is 1. The summed E-state index contributed by atoms with van der Waals surface area (Å²) in [6.45, 7) is 0.725. The molecule has 2 rings (SSSR count). The van der Waals surface area contributed by atoms with Crippen molar-refractivity contribution in [3.05, 3.63) is 65.7 Å². The fourth-order valence-electron chi connectivity index (χ4n) is 2.26. The van der Waals surface area contributed by atoms with E-state index in [4.69, 9.17) is 5.73 Å². The van der Waals surface area contributed by atoms with E-state index in [1.807, 2.05) is 18.2 Å². The minimum Gasteiger partial charge on any atom is -0.376 e. The van der Waals surface area contributed by atoms with Gasteiger partial charge in [-0.2, -0.15) is 0 Å². The zero-order valence-electron chi connectivity index (χ0n) is 12.9. The van der Waals surface area contributed by atoms with Crippen LogP contribution in [0.25, 0.3) is 0 Å². The molecule has 0 fully saturated rings. The summed E-state index contributed by atoms with van der Waals surface area (Å²) in [5.74, 6) is -0.631. The molecule has 2 aromatic rings. The molecular formula is C18H21N3O2. The van der Waals surface area contributed by atoms with E-state index in [9.17, 15) is 9.59 Å². The van der Waals surface area contributed by atoms with Gasteiger partial charge in [0, 0.05) is 12.2 Å². The average Bonchev–Trinajstić information content (AvgIpc) is 2.58. The van der Waals surface area contributed by atoms with Gasteiger partial charge in [-0.1, -0.05) is 42.5 Å². The summed E-state index contributed by atoms with van der Waals surface area (Å²) in [6.07, 6.45) is 1.81. The normalized spacial score (nSPS) is 10.1. The lowest BCUT2D eigenvalue weighted by Gasteiger charge is -2.10. The second-order valence-corrected chi connectivity index (χ2v) is 5.20. The van der Waals surface area contributed by atoms with E-state index in [0.717, 1.165) is 12.8 Å². The predicted octanol–water partition coefficient (Wildman–Crippen LogP) is 1.95. The Morgan fingerprint density at radius 1 is 0.957 bits per heavy atom. The third kappa shape index (κ3) is 5.47. The van der Waals surface area contributed by atoms with Crippen LogP contribution >= 0.6 is 0 Å². The highest BCUT2D eigenvalue weighted by molar-refractivity contribution is 5.98. The van der Waals surface area contributed by atoms with Crippen molar-refractivity contribution >= 4 is 17.5 Å². The molecule has 0 spiro atoms. The minimum atomic E-state index is -0.517. The topological polar surface area (TPSA) is 84.2 Å². The Hall–Kier alpha value is -2.82. The molecule has 2 amide bonds. The van der Waals surface area contributed by atoms with Crippen molar-refractivity contribution in [1.82, 2.24) is 5.32 Å². The number of carbonyl (C=O) groups is 2. The van der Waals surface area contributed by atoms with Crippen molar-refractivity contribution in [2.24, 2.45) is 5.73 Å². The molecule has 0 saturated carbocycles. The average molecular weight is 311 g/mol. The summed E-state index contributed by atoms with van der Waals surface area (Å²) < 4.78 is 0. The zero-order valence-corrected chi connectivity index (χ0v) is 12.9. The van der Waals surface area contributed by atoms with Gasteiger partial charge in [-0.05, 0) is 30.5 Å². The van der Waals surface area contributed by atoms with E-state index in [-0.39, 0.29) is 12.5 Å². The van der Waals surface area contributed by atoms with Crippen LogP contribution in [0, 0.1) is 0 Å². The maximum atomic E-state index is 11.8. The SMILES string of the molecule is NC(=O)c1ccccc1NCC(=O)NCCCc1ccccc1. The molecule has 4 N–H and O–H groups in total. The van der Waals surface area contributed by atoms with E-state index < -0.39 is 5.91 Å². The minimum absolute atomic E-state index is 0.107. The van der Waals surface area contributed by atoms with E-state index in [2.05, 4.69) is 22.8 Å².